The summed E-state index contributed by atoms with van der Waals surface area (Å²) in [6.45, 7) is 2.17. The van der Waals surface area contributed by atoms with Gasteiger partial charge in [0.25, 0.3) is 5.91 Å². The van der Waals surface area contributed by atoms with Crippen molar-refractivity contribution in [2.24, 2.45) is 5.92 Å². The van der Waals surface area contributed by atoms with Crippen molar-refractivity contribution in [1.82, 2.24) is 5.32 Å². The molecule has 0 saturated carbocycles. The van der Waals surface area contributed by atoms with Crippen molar-refractivity contribution in [2.45, 2.75) is 32.9 Å². The van der Waals surface area contributed by atoms with Crippen LogP contribution in [0.3, 0.4) is 0 Å². The first-order valence-corrected chi connectivity index (χ1v) is 8.20. The maximum absolute atomic E-state index is 12.3. The predicted octanol–water partition coefficient (Wildman–Crippen LogP) is 1.23. The molecule has 0 spiro atoms. The number of hydrogen-bond donors (Lipinski definition) is 2. The minimum Gasteiger partial charge on any atom is -0.493 e. The molecule has 1 aliphatic rings. The van der Waals surface area contributed by atoms with Crippen LogP contribution in [0.1, 0.15) is 25.3 Å². The standard InChI is InChI=1S/C17H24F2N2O3/c1-12-4-3-7-21(10-12)11-16(22)20-9-13-5-6-14(24-17(18)19)15(8-13)23-2/h5-6,8,12,17H,3-4,7,9-11H2,1-2H3,(H,20,22)/p+1/t12-/m1/s1. The molecule has 0 bridgehead atoms. The monoisotopic (exact) mass is 343 g/mol. The number of hydrogen-bond acceptors (Lipinski definition) is 3. The predicted molar refractivity (Wildman–Crippen MR) is 85.4 cm³/mol. The van der Waals surface area contributed by atoms with Crippen molar-refractivity contribution in [1.29, 1.82) is 0 Å². The third-order valence-corrected chi connectivity index (χ3v) is 4.21. The molecule has 1 aromatic carbocycles. The second-order valence-electron chi connectivity index (χ2n) is 6.27. The van der Waals surface area contributed by atoms with E-state index in [-0.39, 0.29) is 17.4 Å². The highest BCUT2D eigenvalue weighted by Crippen LogP contribution is 2.29. The number of ether oxygens (including phenoxy) is 2. The third-order valence-electron chi connectivity index (χ3n) is 4.21. The summed E-state index contributed by atoms with van der Waals surface area (Å²) in [6, 6.07) is 4.65. The van der Waals surface area contributed by atoms with Crippen molar-refractivity contribution >= 4 is 5.91 Å². The van der Waals surface area contributed by atoms with Gasteiger partial charge in [-0.2, -0.15) is 8.78 Å². The molecule has 0 aliphatic carbocycles. The SMILES string of the molecule is COc1cc(CNC(=O)C[NH+]2CCC[C@@H](C)C2)ccc1OC(F)F. The largest absolute Gasteiger partial charge is 0.493 e. The lowest BCUT2D eigenvalue weighted by atomic mass is 10.0. The number of nitrogens with one attached hydrogen (secondary N) is 2. The second kappa shape index (κ2) is 8.82. The van der Waals surface area contributed by atoms with E-state index in [1.807, 2.05) is 0 Å². The number of quaternary nitrogens is 1. The Morgan fingerprint density at radius 3 is 2.88 bits per heavy atom. The summed E-state index contributed by atoms with van der Waals surface area (Å²) in [5, 5.41) is 2.87. The van der Waals surface area contributed by atoms with Crippen molar-refractivity contribution in [3.63, 3.8) is 0 Å². The molecule has 2 N–H and O–H groups in total. The van der Waals surface area contributed by atoms with Crippen molar-refractivity contribution in [3.05, 3.63) is 23.8 Å². The molecular formula is C17H25F2N2O3+. The Kier molecular flexibility index (Phi) is 6.78. The lowest BCUT2D eigenvalue weighted by Gasteiger charge is -2.27. The average molecular weight is 343 g/mol. The maximum Gasteiger partial charge on any atom is 0.387 e. The van der Waals surface area contributed by atoms with Crippen molar-refractivity contribution < 1.29 is 27.9 Å². The van der Waals surface area contributed by atoms with Crippen molar-refractivity contribution in [2.75, 3.05) is 26.7 Å². The fourth-order valence-corrected chi connectivity index (χ4v) is 3.06. The van der Waals surface area contributed by atoms with E-state index < -0.39 is 6.61 Å². The minimum atomic E-state index is -2.90. The summed E-state index contributed by atoms with van der Waals surface area (Å²) in [5.74, 6) is 0.853. The lowest BCUT2D eigenvalue weighted by molar-refractivity contribution is -0.900. The first kappa shape index (κ1) is 18.4. The highest BCUT2D eigenvalue weighted by molar-refractivity contribution is 5.76. The summed E-state index contributed by atoms with van der Waals surface area (Å²) < 4.78 is 34.0. The third kappa shape index (κ3) is 5.63. The minimum absolute atomic E-state index is 0.00836. The number of methoxy groups -OCH3 is 1. The summed E-state index contributed by atoms with van der Waals surface area (Å²) in [4.78, 5) is 13.4. The number of rotatable bonds is 7. The first-order chi connectivity index (χ1) is 11.5. The Hall–Kier alpha value is -1.89. The normalized spacial score (nSPS) is 20.7. The van der Waals surface area contributed by atoms with Gasteiger partial charge in [0.1, 0.15) is 0 Å². The van der Waals surface area contributed by atoms with Crippen LogP contribution < -0.4 is 19.7 Å². The van der Waals surface area contributed by atoms with E-state index in [4.69, 9.17) is 4.74 Å². The van der Waals surface area contributed by atoms with Crippen LogP contribution in [0.15, 0.2) is 18.2 Å². The number of amides is 1. The van der Waals surface area contributed by atoms with Crippen LogP contribution in [0, 0.1) is 5.92 Å². The summed E-state index contributed by atoms with van der Waals surface area (Å²) in [5.41, 5.74) is 0.767. The van der Waals surface area contributed by atoms with Crippen LogP contribution in [0.5, 0.6) is 11.5 Å². The molecule has 1 amide bonds. The van der Waals surface area contributed by atoms with Gasteiger partial charge in [-0.15, -0.1) is 0 Å². The first-order valence-electron chi connectivity index (χ1n) is 8.20. The fraction of sp³-hybridized carbons (Fsp3) is 0.588. The molecule has 1 heterocycles. The van der Waals surface area contributed by atoms with Gasteiger partial charge < -0.3 is 19.7 Å². The molecule has 1 fully saturated rings. The molecular weight excluding hydrogens is 318 g/mol. The van der Waals surface area contributed by atoms with Crippen LogP contribution >= 0.6 is 0 Å². The van der Waals surface area contributed by atoms with Gasteiger partial charge in [-0.3, -0.25) is 4.79 Å². The van der Waals surface area contributed by atoms with Crippen LogP contribution in [0.4, 0.5) is 8.78 Å². The molecule has 5 nitrogen and oxygen atoms in total. The second-order valence-corrected chi connectivity index (χ2v) is 6.27. The van der Waals surface area contributed by atoms with Gasteiger partial charge >= 0.3 is 6.61 Å². The number of benzene rings is 1. The molecule has 2 rings (SSSR count). The van der Waals surface area contributed by atoms with E-state index in [0.29, 0.717) is 19.0 Å². The van der Waals surface area contributed by atoms with Gasteiger partial charge in [0.05, 0.1) is 20.2 Å². The molecule has 1 saturated heterocycles. The Bertz CT molecular complexity index is 555. The highest BCUT2D eigenvalue weighted by atomic mass is 19.3. The molecule has 1 aliphatic heterocycles. The Morgan fingerprint density at radius 2 is 2.21 bits per heavy atom. The Morgan fingerprint density at radius 1 is 1.42 bits per heavy atom. The molecule has 2 atom stereocenters. The zero-order valence-electron chi connectivity index (χ0n) is 14.1. The summed E-state index contributed by atoms with van der Waals surface area (Å²) >= 11 is 0. The fourth-order valence-electron chi connectivity index (χ4n) is 3.06. The van der Waals surface area contributed by atoms with E-state index in [1.165, 1.54) is 24.5 Å². The average Bonchev–Trinajstić information content (AvgIpc) is 2.53. The number of carbonyl (C=O) groups is 1. The van der Waals surface area contributed by atoms with E-state index >= 15 is 0 Å². The maximum atomic E-state index is 12.3. The topological polar surface area (TPSA) is 52.0 Å². The van der Waals surface area contributed by atoms with Gasteiger partial charge in [-0.1, -0.05) is 13.0 Å². The molecule has 1 aromatic rings. The van der Waals surface area contributed by atoms with Gasteiger partial charge in [-0.25, -0.2) is 0 Å². The van der Waals surface area contributed by atoms with Crippen LogP contribution in [-0.2, 0) is 11.3 Å². The van der Waals surface area contributed by atoms with E-state index in [1.54, 1.807) is 12.1 Å². The number of piperidine rings is 1. The smallest absolute Gasteiger partial charge is 0.387 e. The van der Waals surface area contributed by atoms with E-state index in [9.17, 15) is 13.6 Å². The van der Waals surface area contributed by atoms with Gasteiger partial charge in [0.2, 0.25) is 0 Å². The Labute approximate surface area is 140 Å². The number of likely N-dealkylation sites (tertiary alicyclic amines) is 1. The number of carbonyl (C=O) groups excluding carboxylic acids is 1. The van der Waals surface area contributed by atoms with Crippen LogP contribution in [0.25, 0.3) is 0 Å². The van der Waals surface area contributed by atoms with Gasteiger partial charge in [0.15, 0.2) is 18.0 Å². The molecule has 134 valence electrons. The van der Waals surface area contributed by atoms with Gasteiger partial charge in [-0.05, 0) is 30.5 Å². The highest BCUT2D eigenvalue weighted by Gasteiger charge is 2.21. The molecule has 0 radical (unpaired) electrons. The van der Waals surface area contributed by atoms with Crippen LogP contribution in [0.2, 0.25) is 0 Å². The van der Waals surface area contributed by atoms with Gasteiger partial charge in [0, 0.05) is 12.5 Å². The molecule has 0 aromatic heterocycles. The van der Waals surface area contributed by atoms with Crippen molar-refractivity contribution in [3.8, 4) is 11.5 Å². The lowest BCUT2D eigenvalue weighted by Crippen LogP contribution is -3.14. The van der Waals surface area contributed by atoms with E-state index in [0.717, 1.165) is 25.1 Å². The quantitative estimate of drug-likeness (QED) is 0.783. The van der Waals surface area contributed by atoms with Crippen LogP contribution in [-0.4, -0.2) is 39.3 Å². The number of halogens is 2. The zero-order chi connectivity index (χ0) is 17.5. The molecule has 24 heavy (non-hydrogen) atoms. The Balaban J connectivity index is 1.85. The van der Waals surface area contributed by atoms with E-state index in [2.05, 4.69) is 17.0 Å². The molecule has 1 unspecified atom stereocenters. The molecule has 7 heteroatoms. The number of alkyl halides is 2. The zero-order valence-corrected chi connectivity index (χ0v) is 14.1. The summed E-state index contributed by atoms with van der Waals surface area (Å²) in [6.07, 6.45) is 2.39. The summed E-state index contributed by atoms with van der Waals surface area (Å²) in [7, 11) is 1.39.